The maximum absolute atomic E-state index is 13.5. The lowest BCUT2D eigenvalue weighted by atomic mass is 10.1. The summed E-state index contributed by atoms with van der Waals surface area (Å²) in [6.45, 7) is 1.94. The van der Waals surface area contributed by atoms with Crippen LogP contribution in [0, 0.1) is 12.7 Å². The van der Waals surface area contributed by atoms with E-state index in [0.717, 1.165) is 0 Å². The molecule has 0 radical (unpaired) electrons. The molecule has 0 aromatic heterocycles. The van der Waals surface area contributed by atoms with E-state index in [9.17, 15) is 9.18 Å². The molecule has 0 fully saturated rings. The average Bonchev–Trinajstić information content (AvgIpc) is 2.54. The molecule has 0 saturated heterocycles. The number of ether oxygens (including phenoxy) is 2. The molecule has 0 aliphatic rings. The summed E-state index contributed by atoms with van der Waals surface area (Å²) in [7, 11) is 3.03. The molecule has 2 rings (SSSR count). The fraction of sp³-hybridized carbons (Fsp3) is 0.235. The first-order valence-corrected chi connectivity index (χ1v) is 6.80. The van der Waals surface area contributed by atoms with Gasteiger partial charge < -0.3 is 14.8 Å². The van der Waals surface area contributed by atoms with Crippen molar-refractivity contribution in [1.82, 2.24) is 5.32 Å². The van der Waals surface area contributed by atoms with Crippen molar-refractivity contribution in [2.45, 2.75) is 13.5 Å². The second kappa shape index (κ2) is 6.93. The van der Waals surface area contributed by atoms with Gasteiger partial charge in [-0.25, -0.2) is 4.39 Å². The molecule has 22 heavy (non-hydrogen) atoms. The van der Waals surface area contributed by atoms with E-state index in [-0.39, 0.29) is 18.3 Å². The Kier molecular flexibility index (Phi) is 4.99. The predicted octanol–water partition coefficient (Wildman–Crippen LogP) is 3.08. The van der Waals surface area contributed by atoms with Gasteiger partial charge in [-0.05, 0) is 36.2 Å². The van der Waals surface area contributed by atoms with Crippen molar-refractivity contribution >= 4 is 5.91 Å². The van der Waals surface area contributed by atoms with E-state index in [2.05, 4.69) is 5.32 Å². The van der Waals surface area contributed by atoms with Gasteiger partial charge in [-0.3, -0.25) is 4.79 Å². The Morgan fingerprint density at radius 2 is 1.91 bits per heavy atom. The Morgan fingerprint density at radius 1 is 1.14 bits per heavy atom. The molecule has 5 heteroatoms. The molecule has 116 valence electrons. The largest absolute Gasteiger partial charge is 0.497 e. The molecule has 0 aliphatic carbocycles. The Hall–Kier alpha value is -2.56. The zero-order valence-electron chi connectivity index (χ0n) is 12.8. The van der Waals surface area contributed by atoms with Gasteiger partial charge in [0.05, 0.1) is 19.8 Å². The zero-order valence-corrected chi connectivity index (χ0v) is 12.8. The lowest BCUT2D eigenvalue weighted by Gasteiger charge is -2.11. The van der Waals surface area contributed by atoms with E-state index in [1.165, 1.54) is 13.2 Å². The number of benzene rings is 2. The first kappa shape index (κ1) is 15.8. The molecule has 0 heterocycles. The van der Waals surface area contributed by atoms with Gasteiger partial charge in [-0.1, -0.05) is 12.1 Å². The Labute approximate surface area is 128 Å². The maximum Gasteiger partial charge on any atom is 0.255 e. The lowest BCUT2D eigenvalue weighted by Crippen LogP contribution is -2.23. The monoisotopic (exact) mass is 303 g/mol. The van der Waals surface area contributed by atoms with Gasteiger partial charge in [0, 0.05) is 12.6 Å². The van der Waals surface area contributed by atoms with Crippen molar-refractivity contribution in [3.05, 3.63) is 58.9 Å². The van der Waals surface area contributed by atoms with Crippen molar-refractivity contribution in [2.24, 2.45) is 0 Å². The van der Waals surface area contributed by atoms with Gasteiger partial charge in [0.1, 0.15) is 17.3 Å². The first-order valence-electron chi connectivity index (χ1n) is 6.80. The Bertz CT molecular complexity index is 686. The summed E-state index contributed by atoms with van der Waals surface area (Å²) in [5.74, 6) is 0.454. The van der Waals surface area contributed by atoms with Crippen molar-refractivity contribution in [2.75, 3.05) is 14.2 Å². The van der Waals surface area contributed by atoms with Crippen LogP contribution in [0.5, 0.6) is 11.5 Å². The van der Waals surface area contributed by atoms with Crippen LogP contribution in [0.25, 0.3) is 0 Å². The van der Waals surface area contributed by atoms with E-state index in [0.29, 0.717) is 28.2 Å². The molecule has 0 bridgehead atoms. The Morgan fingerprint density at radius 3 is 2.55 bits per heavy atom. The summed E-state index contributed by atoms with van der Waals surface area (Å²) in [4.78, 5) is 12.2. The number of carbonyl (C=O) groups is 1. The van der Waals surface area contributed by atoms with E-state index < -0.39 is 0 Å². The number of carbonyl (C=O) groups excluding carboxylic acids is 1. The highest BCUT2D eigenvalue weighted by Gasteiger charge is 2.13. The molecule has 0 spiro atoms. The average molecular weight is 303 g/mol. The number of methoxy groups -OCH3 is 2. The third-order valence-electron chi connectivity index (χ3n) is 3.34. The zero-order chi connectivity index (χ0) is 16.1. The van der Waals surface area contributed by atoms with Crippen molar-refractivity contribution in [3.8, 4) is 11.5 Å². The van der Waals surface area contributed by atoms with Gasteiger partial charge in [-0.15, -0.1) is 0 Å². The molecule has 0 unspecified atom stereocenters. The van der Waals surface area contributed by atoms with Crippen LogP contribution in [0.2, 0.25) is 0 Å². The van der Waals surface area contributed by atoms with Crippen LogP contribution in [0.4, 0.5) is 4.39 Å². The van der Waals surface area contributed by atoms with Gasteiger partial charge >= 0.3 is 0 Å². The highest BCUT2D eigenvalue weighted by molar-refractivity contribution is 5.97. The maximum atomic E-state index is 13.5. The molecule has 4 nitrogen and oxygen atoms in total. The molecule has 1 N–H and O–H groups in total. The normalized spacial score (nSPS) is 10.2. The van der Waals surface area contributed by atoms with Crippen LogP contribution in [-0.4, -0.2) is 20.1 Å². The first-order chi connectivity index (χ1) is 10.5. The summed E-state index contributed by atoms with van der Waals surface area (Å²) in [5, 5.41) is 2.75. The molecule has 0 aliphatic heterocycles. The number of hydrogen-bond donors (Lipinski definition) is 1. The molecular weight excluding hydrogens is 285 g/mol. The van der Waals surface area contributed by atoms with Crippen LogP contribution in [0.15, 0.2) is 36.4 Å². The number of rotatable bonds is 5. The van der Waals surface area contributed by atoms with E-state index >= 15 is 0 Å². The number of amides is 1. The van der Waals surface area contributed by atoms with E-state index in [4.69, 9.17) is 9.47 Å². The number of halogens is 1. The lowest BCUT2D eigenvalue weighted by molar-refractivity contribution is 0.0948. The summed E-state index contributed by atoms with van der Waals surface area (Å²) in [6, 6.07) is 9.84. The third-order valence-corrected chi connectivity index (χ3v) is 3.34. The van der Waals surface area contributed by atoms with Crippen molar-refractivity contribution < 1.29 is 18.7 Å². The quantitative estimate of drug-likeness (QED) is 0.923. The third kappa shape index (κ3) is 3.55. The van der Waals surface area contributed by atoms with E-state index in [1.807, 2.05) is 0 Å². The second-order valence-corrected chi connectivity index (χ2v) is 4.83. The number of nitrogens with one attached hydrogen (secondary N) is 1. The summed E-state index contributed by atoms with van der Waals surface area (Å²) < 4.78 is 23.8. The van der Waals surface area contributed by atoms with Crippen LogP contribution >= 0.6 is 0 Å². The molecule has 1 amide bonds. The van der Waals surface area contributed by atoms with Crippen LogP contribution in [0.1, 0.15) is 21.5 Å². The fourth-order valence-electron chi connectivity index (χ4n) is 2.01. The summed E-state index contributed by atoms with van der Waals surface area (Å²) in [5.41, 5.74) is 1.67. The molecule has 2 aromatic carbocycles. The number of hydrogen-bond acceptors (Lipinski definition) is 3. The van der Waals surface area contributed by atoms with Gasteiger partial charge in [-0.2, -0.15) is 0 Å². The fourth-order valence-corrected chi connectivity index (χ4v) is 2.01. The molecule has 2 aromatic rings. The van der Waals surface area contributed by atoms with Crippen LogP contribution in [-0.2, 0) is 6.54 Å². The van der Waals surface area contributed by atoms with E-state index in [1.54, 1.807) is 44.4 Å². The topological polar surface area (TPSA) is 47.6 Å². The Balaban J connectivity index is 2.10. The summed E-state index contributed by atoms with van der Waals surface area (Å²) in [6.07, 6.45) is 0. The minimum absolute atomic E-state index is 0.241. The highest BCUT2D eigenvalue weighted by atomic mass is 19.1. The summed E-state index contributed by atoms with van der Waals surface area (Å²) >= 11 is 0. The van der Waals surface area contributed by atoms with Crippen molar-refractivity contribution in [3.63, 3.8) is 0 Å². The standard InChI is InChI=1S/C17H18FNO3/c1-11-4-5-12(8-15(11)18)10-19-17(20)14-7-6-13(21-2)9-16(14)22-3/h4-9H,10H2,1-3H3,(H,19,20). The highest BCUT2D eigenvalue weighted by Crippen LogP contribution is 2.24. The molecule has 0 saturated carbocycles. The molecule has 0 atom stereocenters. The minimum atomic E-state index is -0.291. The van der Waals surface area contributed by atoms with Crippen LogP contribution in [0.3, 0.4) is 0 Å². The second-order valence-electron chi connectivity index (χ2n) is 4.83. The van der Waals surface area contributed by atoms with Gasteiger partial charge in [0.15, 0.2) is 0 Å². The van der Waals surface area contributed by atoms with Crippen molar-refractivity contribution in [1.29, 1.82) is 0 Å². The SMILES string of the molecule is COc1ccc(C(=O)NCc2ccc(C)c(F)c2)c(OC)c1. The minimum Gasteiger partial charge on any atom is -0.497 e. The van der Waals surface area contributed by atoms with Crippen LogP contribution < -0.4 is 14.8 Å². The van der Waals surface area contributed by atoms with Gasteiger partial charge in [0.25, 0.3) is 5.91 Å². The number of aryl methyl sites for hydroxylation is 1. The predicted molar refractivity (Wildman–Crippen MR) is 81.9 cm³/mol. The smallest absolute Gasteiger partial charge is 0.255 e. The molecular formula is C17H18FNO3. The van der Waals surface area contributed by atoms with Gasteiger partial charge in [0.2, 0.25) is 0 Å².